The maximum Gasteiger partial charge on any atom is 0.241 e. The molecule has 3 rings (SSSR count). The first-order chi connectivity index (χ1) is 10.7. The zero-order valence-electron chi connectivity index (χ0n) is 13.2. The number of rotatable bonds is 4. The van der Waals surface area contributed by atoms with Crippen molar-refractivity contribution in [3.8, 4) is 0 Å². The summed E-state index contributed by atoms with van der Waals surface area (Å²) in [6, 6.07) is 14.1. The van der Waals surface area contributed by atoms with Crippen molar-refractivity contribution in [2.75, 3.05) is 11.9 Å². The summed E-state index contributed by atoms with van der Waals surface area (Å²) in [6.07, 6.45) is 4.32. The summed E-state index contributed by atoms with van der Waals surface area (Å²) in [6.45, 7) is 2.97. The van der Waals surface area contributed by atoms with E-state index in [4.69, 9.17) is 0 Å². The monoisotopic (exact) mass is 297 g/mol. The molecule has 1 aromatic carbocycles. The molecule has 1 aliphatic heterocycles. The summed E-state index contributed by atoms with van der Waals surface area (Å²) >= 11 is 0. The van der Waals surface area contributed by atoms with E-state index in [0.717, 1.165) is 25.1 Å². The fraction of sp³-hybridized carbons (Fsp3) is 0.389. The number of nitrogens with zero attached hydrogens (tertiary/aromatic N) is 2. The smallest absolute Gasteiger partial charge is 0.241 e. The zero-order valence-corrected chi connectivity index (χ0v) is 13.2. The summed E-state index contributed by atoms with van der Waals surface area (Å²) in [5.74, 6) is 0.0623. The predicted molar refractivity (Wildman–Crippen MR) is 88.6 cm³/mol. The Morgan fingerprint density at radius 1 is 1.23 bits per heavy atom. The Labute approximate surface area is 131 Å². The highest BCUT2D eigenvalue weighted by atomic mass is 16.2. The minimum Gasteiger partial charge on any atom is -0.353 e. The molecule has 0 radical (unpaired) electrons. The van der Waals surface area contributed by atoms with Crippen LogP contribution in [0.1, 0.15) is 31.5 Å². The van der Waals surface area contributed by atoms with E-state index in [-0.39, 0.29) is 11.9 Å². The van der Waals surface area contributed by atoms with Crippen LogP contribution >= 0.6 is 0 Å². The highest BCUT2D eigenvalue weighted by molar-refractivity contribution is 5.94. The molecule has 4 heteroatoms. The fourth-order valence-corrected chi connectivity index (χ4v) is 3.31. The Hall–Kier alpha value is -2.07. The van der Waals surface area contributed by atoms with Crippen LogP contribution in [0.4, 0.5) is 5.69 Å². The molecule has 1 saturated heterocycles. The third-order valence-corrected chi connectivity index (χ3v) is 4.54. The molecule has 0 unspecified atom stereocenters. The summed E-state index contributed by atoms with van der Waals surface area (Å²) in [4.78, 5) is 14.9. The summed E-state index contributed by atoms with van der Waals surface area (Å²) < 4.78 is 2.16. The van der Waals surface area contributed by atoms with Gasteiger partial charge in [0.25, 0.3) is 0 Å². The number of aromatic nitrogens is 1. The maximum atomic E-state index is 12.5. The van der Waals surface area contributed by atoms with Crippen LogP contribution in [0.5, 0.6) is 0 Å². The molecule has 2 aromatic rings. The second-order valence-electron chi connectivity index (χ2n) is 5.97. The van der Waals surface area contributed by atoms with Crippen molar-refractivity contribution in [1.82, 2.24) is 9.47 Å². The van der Waals surface area contributed by atoms with E-state index in [1.807, 2.05) is 37.3 Å². The lowest BCUT2D eigenvalue weighted by Crippen LogP contribution is -2.41. The number of para-hydroxylation sites is 1. The summed E-state index contributed by atoms with van der Waals surface area (Å²) in [5.41, 5.74) is 2.14. The number of carbonyl (C=O) groups excluding carboxylic acids is 1. The van der Waals surface area contributed by atoms with Crippen molar-refractivity contribution < 1.29 is 4.79 Å². The first-order valence-electron chi connectivity index (χ1n) is 7.89. The Balaban J connectivity index is 1.72. The second kappa shape index (κ2) is 6.36. The quantitative estimate of drug-likeness (QED) is 0.941. The van der Waals surface area contributed by atoms with E-state index < -0.39 is 0 Å². The molecule has 0 spiro atoms. The van der Waals surface area contributed by atoms with Gasteiger partial charge in [-0.25, -0.2) is 0 Å². The minimum absolute atomic E-state index is 0.0623. The third-order valence-electron chi connectivity index (χ3n) is 4.54. The lowest BCUT2D eigenvalue weighted by molar-refractivity contribution is -0.121. The van der Waals surface area contributed by atoms with Crippen molar-refractivity contribution in [3.63, 3.8) is 0 Å². The average Bonchev–Trinajstić information content (AvgIpc) is 3.15. The van der Waals surface area contributed by atoms with E-state index in [9.17, 15) is 4.79 Å². The number of carbonyl (C=O) groups is 1. The van der Waals surface area contributed by atoms with Gasteiger partial charge >= 0.3 is 0 Å². The van der Waals surface area contributed by atoms with Gasteiger partial charge in [0, 0.05) is 24.6 Å². The normalized spacial score (nSPS) is 20.0. The Kier molecular flexibility index (Phi) is 4.29. The number of hydrogen-bond acceptors (Lipinski definition) is 2. The standard InChI is InChI=1S/C18H23N3O/c1-14(18(22)19-15-8-4-3-5-9-15)21-13-7-11-17(21)16-10-6-12-20(16)2/h3-6,8-10,12,14,17H,7,11,13H2,1-2H3,(H,19,22)/t14-,17-/m1/s1. The van der Waals surface area contributed by atoms with Gasteiger partial charge in [-0.1, -0.05) is 18.2 Å². The van der Waals surface area contributed by atoms with Gasteiger partial charge in [0.1, 0.15) is 0 Å². The molecule has 0 aliphatic carbocycles. The number of hydrogen-bond donors (Lipinski definition) is 1. The minimum atomic E-state index is -0.136. The number of amides is 1. The topological polar surface area (TPSA) is 37.3 Å². The van der Waals surface area contributed by atoms with Gasteiger partial charge in [0.2, 0.25) is 5.91 Å². The van der Waals surface area contributed by atoms with Gasteiger partial charge in [-0.15, -0.1) is 0 Å². The first-order valence-corrected chi connectivity index (χ1v) is 7.89. The van der Waals surface area contributed by atoms with Crippen LogP contribution in [-0.4, -0.2) is 28.0 Å². The molecular weight excluding hydrogens is 274 g/mol. The molecule has 2 atom stereocenters. The van der Waals surface area contributed by atoms with Gasteiger partial charge in [-0.2, -0.15) is 0 Å². The summed E-state index contributed by atoms with van der Waals surface area (Å²) in [7, 11) is 2.07. The SMILES string of the molecule is C[C@H](C(=O)Nc1ccccc1)N1CCC[C@@H]1c1cccn1C. The van der Waals surface area contributed by atoms with Gasteiger partial charge in [0.05, 0.1) is 12.1 Å². The number of aryl methyl sites for hydroxylation is 1. The van der Waals surface area contributed by atoms with Gasteiger partial charge in [-0.3, -0.25) is 9.69 Å². The molecule has 116 valence electrons. The molecule has 1 aliphatic rings. The van der Waals surface area contributed by atoms with Crippen molar-refractivity contribution in [1.29, 1.82) is 0 Å². The Morgan fingerprint density at radius 3 is 2.68 bits per heavy atom. The fourth-order valence-electron chi connectivity index (χ4n) is 3.31. The lowest BCUT2D eigenvalue weighted by atomic mass is 10.1. The van der Waals surface area contributed by atoms with Crippen molar-refractivity contribution in [2.24, 2.45) is 7.05 Å². The van der Waals surface area contributed by atoms with Crippen molar-refractivity contribution >= 4 is 11.6 Å². The van der Waals surface area contributed by atoms with Gasteiger partial charge in [0.15, 0.2) is 0 Å². The molecule has 1 fully saturated rings. The van der Waals surface area contributed by atoms with Gasteiger partial charge in [-0.05, 0) is 50.6 Å². The maximum absolute atomic E-state index is 12.5. The van der Waals surface area contributed by atoms with Crippen LogP contribution in [-0.2, 0) is 11.8 Å². The lowest BCUT2D eigenvalue weighted by Gasteiger charge is -2.30. The van der Waals surface area contributed by atoms with Crippen LogP contribution in [0.3, 0.4) is 0 Å². The van der Waals surface area contributed by atoms with E-state index >= 15 is 0 Å². The average molecular weight is 297 g/mol. The molecular formula is C18H23N3O. The van der Waals surface area contributed by atoms with Gasteiger partial charge < -0.3 is 9.88 Å². The van der Waals surface area contributed by atoms with E-state index in [2.05, 4.69) is 40.2 Å². The highest BCUT2D eigenvalue weighted by Gasteiger charge is 2.33. The molecule has 2 heterocycles. The zero-order chi connectivity index (χ0) is 15.5. The number of anilines is 1. The van der Waals surface area contributed by atoms with Crippen LogP contribution in [0.15, 0.2) is 48.7 Å². The van der Waals surface area contributed by atoms with E-state index in [0.29, 0.717) is 6.04 Å². The van der Waals surface area contributed by atoms with Crippen molar-refractivity contribution in [2.45, 2.75) is 31.8 Å². The third kappa shape index (κ3) is 2.92. The molecule has 1 amide bonds. The highest BCUT2D eigenvalue weighted by Crippen LogP contribution is 2.33. The van der Waals surface area contributed by atoms with Crippen LogP contribution < -0.4 is 5.32 Å². The molecule has 22 heavy (non-hydrogen) atoms. The van der Waals surface area contributed by atoms with Crippen LogP contribution in [0.25, 0.3) is 0 Å². The Morgan fingerprint density at radius 2 is 2.00 bits per heavy atom. The van der Waals surface area contributed by atoms with E-state index in [1.165, 1.54) is 5.69 Å². The second-order valence-corrected chi connectivity index (χ2v) is 5.97. The number of nitrogens with one attached hydrogen (secondary N) is 1. The molecule has 0 bridgehead atoms. The van der Waals surface area contributed by atoms with Crippen LogP contribution in [0.2, 0.25) is 0 Å². The molecule has 1 aromatic heterocycles. The largest absolute Gasteiger partial charge is 0.353 e. The molecule has 0 saturated carbocycles. The summed E-state index contributed by atoms with van der Waals surface area (Å²) in [5, 5.41) is 3.01. The van der Waals surface area contributed by atoms with Crippen molar-refractivity contribution in [3.05, 3.63) is 54.4 Å². The Bertz CT molecular complexity index is 635. The van der Waals surface area contributed by atoms with E-state index in [1.54, 1.807) is 0 Å². The molecule has 1 N–H and O–H groups in total. The number of benzene rings is 1. The molecule has 4 nitrogen and oxygen atoms in total. The number of likely N-dealkylation sites (tertiary alicyclic amines) is 1. The first kappa shape index (κ1) is 14.9. The predicted octanol–water partition coefficient (Wildman–Crippen LogP) is 3.19. The van der Waals surface area contributed by atoms with Crippen LogP contribution in [0, 0.1) is 0 Å².